The van der Waals surface area contributed by atoms with E-state index in [-0.39, 0.29) is 5.97 Å². The Kier molecular flexibility index (Phi) is 5.70. The molecular formula is C23H26O2. The summed E-state index contributed by atoms with van der Waals surface area (Å²) >= 11 is 0. The summed E-state index contributed by atoms with van der Waals surface area (Å²) in [6.07, 6.45) is 7.79. The van der Waals surface area contributed by atoms with E-state index in [1.54, 1.807) is 12.1 Å². The molecular weight excluding hydrogens is 308 g/mol. The maximum Gasteiger partial charge on any atom is 0.343 e. The average molecular weight is 334 g/mol. The van der Waals surface area contributed by atoms with E-state index in [1.807, 2.05) is 30.3 Å². The fraction of sp³-hybridized carbons (Fsp3) is 0.348. The van der Waals surface area contributed by atoms with Gasteiger partial charge in [-0.2, -0.15) is 0 Å². The molecule has 0 bridgehead atoms. The number of hydrogen-bond donors (Lipinski definition) is 0. The lowest BCUT2D eigenvalue weighted by Crippen LogP contribution is -2.11. The molecule has 2 aromatic carbocycles. The summed E-state index contributed by atoms with van der Waals surface area (Å²) in [4.78, 5) is 12.3. The maximum absolute atomic E-state index is 12.3. The molecule has 0 atom stereocenters. The molecule has 0 saturated heterocycles. The fourth-order valence-electron chi connectivity index (χ4n) is 3.51. The number of hydrogen-bond acceptors (Lipinski definition) is 2. The minimum atomic E-state index is -0.315. The minimum Gasteiger partial charge on any atom is -0.423 e. The van der Waals surface area contributed by atoms with Gasteiger partial charge >= 0.3 is 5.97 Å². The summed E-state index contributed by atoms with van der Waals surface area (Å²) in [5.41, 5.74) is 3.07. The third kappa shape index (κ3) is 4.60. The highest BCUT2D eigenvalue weighted by Crippen LogP contribution is 2.35. The summed E-state index contributed by atoms with van der Waals surface area (Å²) in [6.45, 7) is 6.06. The van der Waals surface area contributed by atoms with E-state index >= 15 is 0 Å². The molecule has 0 heterocycles. The molecule has 25 heavy (non-hydrogen) atoms. The van der Waals surface area contributed by atoms with Crippen molar-refractivity contribution >= 4 is 5.97 Å². The second-order valence-electron chi connectivity index (χ2n) is 7.11. The number of carbonyl (C=O) groups is 1. The van der Waals surface area contributed by atoms with Crippen molar-refractivity contribution in [1.29, 1.82) is 0 Å². The van der Waals surface area contributed by atoms with Crippen LogP contribution >= 0.6 is 0 Å². The van der Waals surface area contributed by atoms with Gasteiger partial charge in [-0.1, -0.05) is 50.1 Å². The lowest BCUT2D eigenvalue weighted by molar-refractivity contribution is 0.0734. The van der Waals surface area contributed by atoms with E-state index in [0.717, 1.165) is 17.9 Å². The number of benzene rings is 2. The Bertz CT molecular complexity index is 705. The Balaban J connectivity index is 1.60. The second-order valence-corrected chi connectivity index (χ2v) is 7.11. The number of carbonyl (C=O) groups excluding carboxylic acids is 1. The highest BCUT2D eigenvalue weighted by atomic mass is 16.5. The molecule has 1 saturated carbocycles. The maximum atomic E-state index is 12.3. The summed E-state index contributed by atoms with van der Waals surface area (Å²) in [6, 6.07) is 15.5. The van der Waals surface area contributed by atoms with Crippen molar-refractivity contribution in [3.63, 3.8) is 0 Å². The molecule has 2 heteroatoms. The van der Waals surface area contributed by atoms with Gasteiger partial charge in [0.2, 0.25) is 0 Å². The van der Waals surface area contributed by atoms with Crippen LogP contribution in [0.3, 0.4) is 0 Å². The van der Waals surface area contributed by atoms with E-state index in [2.05, 4.69) is 25.6 Å². The zero-order valence-electron chi connectivity index (χ0n) is 14.9. The first-order chi connectivity index (χ1) is 12.2. The van der Waals surface area contributed by atoms with Gasteiger partial charge in [0.1, 0.15) is 5.75 Å². The van der Waals surface area contributed by atoms with Crippen LogP contribution in [0.15, 0.2) is 61.2 Å². The van der Waals surface area contributed by atoms with Crippen molar-refractivity contribution in [2.24, 2.45) is 5.92 Å². The number of allylic oxidation sites excluding steroid dienone is 1. The SMILES string of the molecule is C=CCc1ccc(C(=O)Oc2ccc(C3CCC(C)CC3)cc2)cc1. The topological polar surface area (TPSA) is 26.3 Å². The predicted molar refractivity (Wildman–Crippen MR) is 102 cm³/mol. The van der Waals surface area contributed by atoms with Gasteiger partial charge in [-0.3, -0.25) is 0 Å². The molecule has 1 aliphatic carbocycles. The molecule has 0 N–H and O–H groups in total. The Labute approximate surface area is 150 Å². The van der Waals surface area contributed by atoms with Gasteiger partial charge in [-0.15, -0.1) is 6.58 Å². The summed E-state index contributed by atoms with van der Waals surface area (Å²) < 4.78 is 5.50. The largest absolute Gasteiger partial charge is 0.423 e. The summed E-state index contributed by atoms with van der Waals surface area (Å²) in [5, 5.41) is 0. The van der Waals surface area contributed by atoms with Crippen molar-refractivity contribution in [3.8, 4) is 5.75 Å². The number of esters is 1. The molecule has 2 nitrogen and oxygen atoms in total. The zero-order valence-corrected chi connectivity index (χ0v) is 14.9. The lowest BCUT2D eigenvalue weighted by atomic mass is 9.79. The van der Waals surface area contributed by atoms with Gasteiger partial charge in [0.05, 0.1) is 5.56 Å². The lowest BCUT2D eigenvalue weighted by Gasteiger charge is -2.26. The van der Waals surface area contributed by atoms with Crippen molar-refractivity contribution < 1.29 is 9.53 Å². The van der Waals surface area contributed by atoms with Crippen LogP contribution in [0, 0.1) is 5.92 Å². The van der Waals surface area contributed by atoms with Crippen molar-refractivity contribution in [3.05, 3.63) is 77.9 Å². The van der Waals surface area contributed by atoms with Gasteiger partial charge in [-0.25, -0.2) is 4.79 Å². The van der Waals surface area contributed by atoms with Gasteiger partial charge in [0.25, 0.3) is 0 Å². The molecule has 1 fully saturated rings. The van der Waals surface area contributed by atoms with Crippen LogP contribution in [0.5, 0.6) is 5.75 Å². The number of rotatable bonds is 5. The average Bonchev–Trinajstić information content (AvgIpc) is 2.64. The third-order valence-electron chi connectivity index (χ3n) is 5.15. The highest BCUT2D eigenvalue weighted by molar-refractivity contribution is 5.91. The quantitative estimate of drug-likeness (QED) is 0.385. The van der Waals surface area contributed by atoms with Crippen LogP contribution in [0.4, 0.5) is 0 Å². The van der Waals surface area contributed by atoms with E-state index in [1.165, 1.54) is 31.2 Å². The Morgan fingerprint density at radius 1 is 1.04 bits per heavy atom. The predicted octanol–water partition coefficient (Wildman–Crippen LogP) is 5.93. The zero-order chi connectivity index (χ0) is 17.6. The minimum absolute atomic E-state index is 0.315. The normalized spacial score (nSPS) is 20.0. The molecule has 0 radical (unpaired) electrons. The van der Waals surface area contributed by atoms with Crippen LogP contribution in [-0.2, 0) is 6.42 Å². The fourth-order valence-corrected chi connectivity index (χ4v) is 3.51. The molecule has 2 aromatic rings. The standard InChI is InChI=1S/C23H26O2/c1-3-4-18-7-11-21(12-8-18)23(24)25-22-15-13-20(14-16-22)19-9-5-17(2)6-10-19/h3,7-8,11-17,19H,1,4-6,9-10H2,2H3. The number of ether oxygens (including phenoxy) is 1. The Morgan fingerprint density at radius 3 is 2.28 bits per heavy atom. The highest BCUT2D eigenvalue weighted by Gasteiger charge is 2.19. The Hall–Kier alpha value is -2.35. The first kappa shape index (κ1) is 17.5. The monoisotopic (exact) mass is 334 g/mol. The van der Waals surface area contributed by atoms with Crippen molar-refractivity contribution in [1.82, 2.24) is 0 Å². The van der Waals surface area contributed by atoms with E-state index in [4.69, 9.17) is 4.74 Å². The van der Waals surface area contributed by atoms with Crippen LogP contribution in [-0.4, -0.2) is 5.97 Å². The van der Waals surface area contributed by atoms with Gasteiger partial charge in [0.15, 0.2) is 0 Å². The smallest absolute Gasteiger partial charge is 0.343 e. The molecule has 0 unspecified atom stereocenters. The first-order valence-electron chi connectivity index (χ1n) is 9.17. The molecule has 3 rings (SSSR count). The van der Waals surface area contributed by atoms with Crippen LogP contribution in [0.2, 0.25) is 0 Å². The van der Waals surface area contributed by atoms with E-state index < -0.39 is 0 Å². The van der Waals surface area contributed by atoms with Crippen molar-refractivity contribution in [2.45, 2.75) is 44.9 Å². The van der Waals surface area contributed by atoms with Crippen molar-refractivity contribution in [2.75, 3.05) is 0 Å². The van der Waals surface area contributed by atoms with Gasteiger partial charge < -0.3 is 4.74 Å². The van der Waals surface area contributed by atoms with E-state index in [9.17, 15) is 4.79 Å². The summed E-state index contributed by atoms with van der Waals surface area (Å²) in [5.74, 6) is 1.80. The molecule has 0 aliphatic heterocycles. The summed E-state index contributed by atoms with van der Waals surface area (Å²) in [7, 11) is 0. The molecule has 1 aliphatic rings. The molecule has 0 spiro atoms. The van der Waals surface area contributed by atoms with E-state index in [0.29, 0.717) is 17.2 Å². The second kappa shape index (κ2) is 8.15. The molecule has 130 valence electrons. The third-order valence-corrected chi connectivity index (χ3v) is 5.15. The Morgan fingerprint density at radius 2 is 1.68 bits per heavy atom. The van der Waals surface area contributed by atoms with Gasteiger partial charge in [0, 0.05) is 0 Å². The molecule has 0 aromatic heterocycles. The van der Waals surface area contributed by atoms with Gasteiger partial charge in [-0.05, 0) is 66.5 Å². The van der Waals surface area contributed by atoms with Crippen LogP contribution in [0.1, 0.15) is 60.0 Å². The van der Waals surface area contributed by atoms with Crippen LogP contribution in [0.25, 0.3) is 0 Å². The first-order valence-corrected chi connectivity index (χ1v) is 9.17. The molecule has 0 amide bonds. The van der Waals surface area contributed by atoms with Crippen LogP contribution < -0.4 is 4.74 Å².